The fourth-order valence-corrected chi connectivity index (χ4v) is 1.75. The minimum atomic E-state index is 0.381. The average Bonchev–Trinajstić information content (AvgIpc) is 2.59. The molecular weight excluding hydrogens is 176 g/mol. The molecule has 14 heavy (non-hydrogen) atoms. The first-order chi connectivity index (χ1) is 6.79. The highest BCUT2D eigenvalue weighted by molar-refractivity contribution is 5.04. The van der Waals surface area contributed by atoms with Crippen molar-refractivity contribution in [2.45, 2.75) is 46.3 Å². The summed E-state index contributed by atoms with van der Waals surface area (Å²) in [7, 11) is 1.78. The van der Waals surface area contributed by atoms with Gasteiger partial charge >= 0.3 is 0 Å². The van der Waals surface area contributed by atoms with Gasteiger partial charge in [0.15, 0.2) is 0 Å². The predicted molar refractivity (Wildman–Crippen MR) is 57.4 cm³/mol. The van der Waals surface area contributed by atoms with Crippen LogP contribution in [-0.4, -0.2) is 22.8 Å². The van der Waals surface area contributed by atoms with Gasteiger partial charge in [-0.2, -0.15) is 0 Å². The van der Waals surface area contributed by atoms with Crippen LogP contribution in [0.2, 0.25) is 0 Å². The minimum Gasteiger partial charge on any atom is -0.380 e. The largest absolute Gasteiger partial charge is 0.380 e. The number of hydrogen-bond donors (Lipinski definition) is 0. The molecule has 0 amide bonds. The number of nitrogens with zero attached hydrogens (tertiary/aromatic N) is 2. The van der Waals surface area contributed by atoms with E-state index in [-0.39, 0.29) is 0 Å². The lowest BCUT2D eigenvalue weighted by Gasteiger charge is -2.21. The Labute approximate surface area is 86.1 Å². The zero-order chi connectivity index (χ0) is 10.6. The summed E-state index contributed by atoms with van der Waals surface area (Å²) < 4.78 is 7.51. The van der Waals surface area contributed by atoms with E-state index in [4.69, 9.17) is 4.74 Å². The van der Waals surface area contributed by atoms with Crippen LogP contribution in [0.4, 0.5) is 0 Å². The van der Waals surface area contributed by atoms with Crippen molar-refractivity contribution < 1.29 is 4.74 Å². The van der Waals surface area contributed by atoms with Gasteiger partial charge in [0.2, 0.25) is 0 Å². The van der Waals surface area contributed by atoms with E-state index >= 15 is 0 Å². The molecule has 1 aliphatic rings. The zero-order valence-electron chi connectivity index (χ0n) is 9.58. The van der Waals surface area contributed by atoms with E-state index in [0.717, 1.165) is 25.1 Å². The molecule has 0 aliphatic carbocycles. The van der Waals surface area contributed by atoms with Crippen molar-refractivity contribution in [2.75, 3.05) is 7.11 Å². The molecule has 0 radical (unpaired) electrons. The molecule has 80 valence electrons. The van der Waals surface area contributed by atoms with Crippen molar-refractivity contribution in [1.29, 1.82) is 0 Å². The molecule has 0 bridgehead atoms. The highest BCUT2D eigenvalue weighted by atomic mass is 16.5. The summed E-state index contributed by atoms with van der Waals surface area (Å²) >= 11 is 0. The first-order valence-electron chi connectivity index (χ1n) is 5.35. The second-order valence-corrected chi connectivity index (χ2v) is 3.35. The minimum absolute atomic E-state index is 0.381. The van der Waals surface area contributed by atoms with Crippen molar-refractivity contribution in [3.63, 3.8) is 0 Å². The van der Waals surface area contributed by atoms with Crippen molar-refractivity contribution in [2.24, 2.45) is 0 Å². The number of hydrogen-bond acceptors (Lipinski definition) is 2. The van der Waals surface area contributed by atoms with Crippen LogP contribution in [0.25, 0.3) is 0 Å². The molecule has 1 aliphatic heterocycles. The quantitative estimate of drug-likeness (QED) is 0.688. The van der Waals surface area contributed by atoms with Gasteiger partial charge in [-0.15, -0.1) is 0 Å². The van der Waals surface area contributed by atoms with Gasteiger partial charge < -0.3 is 9.30 Å². The summed E-state index contributed by atoms with van der Waals surface area (Å²) in [5.41, 5.74) is 1.11. The maximum Gasteiger partial charge on any atom is 0.109 e. The normalized spacial score (nSPS) is 19.6. The molecule has 0 saturated heterocycles. The van der Waals surface area contributed by atoms with Crippen LogP contribution in [0, 0.1) is 6.92 Å². The van der Waals surface area contributed by atoms with Gasteiger partial charge in [0.25, 0.3) is 0 Å². The van der Waals surface area contributed by atoms with Crippen LogP contribution < -0.4 is 0 Å². The summed E-state index contributed by atoms with van der Waals surface area (Å²) in [4.78, 5) is 4.43. The van der Waals surface area contributed by atoms with Crippen LogP contribution in [0.15, 0.2) is 6.20 Å². The number of ether oxygens (including phenoxy) is 1. The first kappa shape index (κ1) is 11.2. The van der Waals surface area contributed by atoms with Gasteiger partial charge in [-0.1, -0.05) is 13.8 Å². The molecule has 0 N–H and O–H groups in total. The van der Waals surface area contributed by atoms with E-state index < -0.39 is 0 Å². The van der Waals surface area contributed by atoms with E-state index in [1.165, 1.54) is 5.82 Å². The molecule has 1 unspecified atom stereocenters. The fraction of sp³-hybridized carbons (Fsp3) is 0.727. The van der Waals surface area contributed by atoms with Crippen LogP contribution >= 0.6 is 0 Å². The highest BCUT2D eigenvalue weighted by Crippen LogP contribution is 2.16. The summed E-state index contributed by atoms with van der Waals surface area (Å²) in [6.45, 7) is 7.00. The Bertz CT molecular complexity index is 281. The third-order valence-electron chi connectivity index (χ3n) is 2.40. The molecule has 3 heteroatoms. The van der Waals surface area contributed by atoms with Gasteiger partial charge in [0, 0.05) is 19.7 Å². The summed E-state index contributed by atoms with van der Waals surface area (Å²) in [5.74, 6) is 1.21. The Hall–Kier alpha value is -0.830. The molecule has 3 nitrogen and oxygen atoms in total. The summed E-state index contributed by atoms with van der Waals surface area (Å²) in [5, 5.41) is 0. The van der Waals surface area contributed by atoms with Crippen LogP contribution in [0.3, 0.4) is 0 Å². The molecule has 2 heterocycles. The smallest absolute Gasteiger partial charge is 0.109 e. The topological polar surface area (TPSA) is 27.1 Å². The second-order valence-electron chi connectivity index (χ2n) is 3.35. The Morgan fingerprint density at radius 1 is 1.50 bits per heavy atom. The average molecular weight is 196 g/mol. The standard InChI is InChI=1S/C9H14N2O.C2H6/c1-7-5-11-6-8(12-2)3-4-9(11)10-7;1-2/h5,8H,3-4,6H2,1-2H3;1-2H3. The monoisotopic (exact) mass is 196 g/mol. The zero-order valence-corrected chi connectivity index (χ0v) is 9.58. The Balaban J connectivity index is 0.000000461. The molecular formula is C11H20N2O. The van der Waals surface area contributed by atoms with Crippen molar-refractivity contribution in [3.8, 4) is 0 Å². The Morgan fingerprint density at radius 3 is 2.86 bits per heavy atom. The van der Waals surface area contributed by atoms with E-state index in [0.29, 0.717) is 6.10 Å². The van der Waals surface area contributed by atoms with Crippen molar-refractivity contribution in [3.05, 3.63) is 17.7 Å². The van der Waals surface area contributed by atoms with E-state index in [1.54, 1.807) is 7.11 Å². The number of aromatic nitrogens is 2. The summed E-state index contributed by atoms with van der Waals surface area (Å²) in [6.07, 6.45) is 4.63. The SMILES string of the molecule is CC.COC1CCc2nc(C)cn2C1. The van der Waals surface area contributed by atoms with Gasteiger partial charge in [0.1, 0.15) is 5.82 Å². The van der Waals surface area contributed by atoms with Crippen LogP contribution in [0.5, 0.6) is 0 Å². The molecule has 0 spiro atoms. The Kier molecular flexibility index (Phi) is 4.14. The molecule has 0 aromatic carbocycles. The predicted octanol–water partition coefficient (Wildman–Crippen LogP) is 2.18. The maximum absolute atomic E-state index is 5.31. The first-order valence-corrected chi connectivity index (χ1v) is 5.35. The second kappa shape index (κ2) is 5.15. The summed E-state index contributed by atoms with van der Waals surface area (Å²) in [6, 6.07) is 0. The number of aryl methyl sites for hydroxylation is 2. The molecule has 1 aromatic rings. The maximum atomic E-state index is 5.31. The van der Waals surface area contributed by atoms with Gasteiger partial charge in [-0.05, 0) is 13.3 Å². The Morgan fingerprint density at radius 2 is 2.21 bits per heavy atom. The molecule has 1 atom stereocenters. The lowest BCUT2D eigenvalue weighted by atomic mass is 10.1. The lowest BCUT2D eigenvalue weighted by molar-refractivity contribution is 0.0706. The van der Waals surface area contributed by atoms with E-state index in [2.05, 4.69) is 15.7 Å². The number of methoxy groups -OCH3 is 1. The molecule has 1 aromatic heterocycles. The van der Waals surface area contributed by atoms with E-state index in [1.807, 2.05) is 20.8 Å². The van der Waals surface area contributed by atoms with Gasteiger partial charge in [0.05, 0.1) is 18.3 Å². The van der Waals surface area contributed by atoms with Crippen molar-refractivity contribution in [1.82, 2.24) is 9.55 Å². The van der Waals surface area contributed by atoms with Crippen molar-refractivity contribution >= 4 is 0 Å². The third-order valence-corrected chi connectivity index (χ3v) is 2.40. The third kappa shape index (κ3) is 2.35. The fourth-order valence-electron chi connectivity index (χ4n) is 1.75. The molecule has 2 rings (SSSR count). The number of imidazole rings is 1. The van der Waals surface area contributed by atoms with Crippen LogP contribution in [-0.2, 0) is 17.7 Å². The molecule has 0 saturated carbocycles. The number of rotatable bonds is 1. The van der Waals surface area contributed by atoms with Gasteiger partial charge in [-0.25, -0.2) is 4.98 Å². The lowest BCUT2D eigenvalue weighted by Crippen LogP contribution is -2.25. The van der Waals surface area contributed by atoms with Crippen LogP contribution in [0.1, 0.15) is 31.8 Å². The van der Waals surface area contributed by atoms with E-state index in [9.17, 15) is 0 Å². The highest BCUT2D eigenvalue weighted by Gasteiger charge is 2.18. The molecule has 0 fully saturated rings. The number of fused-ring (bicyclic) bond motifs is 1. The van der Waals surface area contributed by atoms with Gasteiger partial charge in [-0.3, -0.25) is 0 Å².